The van der Waals surface area contributed by atoms with Crippen LogP contribution in [0.2, 0.25) is 0 Å². The highest BCUT2D eigenvalue weighted by molar-refractivity contribution is 7.88. The number of halogens is 2. The number of carbonyl (C=O) groups excluding carboxylic acids is 1. The first-order valence-electron chi connectivity index (χ1n) is 11.1. The van der Waals surface area contributed by atoms with Gasteiger partial charge in [0, 0.05) is 19.0 Å². The second-order valence-corrected chi connectivity index (χ2v) is 10.7. The highest BCUT2D eigenvalue weighted by Gasteiger charge is 2.57. The molecule has 9 heteroatoms. The number of ether oxygens (including phenoxy) is 1. The van der Waals surface area contributed by atoms with Crippen LogP contribution in [-0.4, -0.2) is 56.8 Å². The molecule has 2 fully saturated rings. The van der Waals surface area contributed by atoms with Crippen LogP contribution in [0, 0.1) is 5.92 Å². The van der Waals surface area contributed by atoms with Gasteiger partial charge in [0.15, 0.2) is 0 Å². The van der Waals surface area contributed by atoms with Gasteiger partial charge in [-0.25, -0.2) is 26.7 Å². The molecule has 1 aliphatic carbocycles. The summed E-state index contributed by atoms with van der Waals surface area (Å²) >= 11 is 0. The van der Waals surface area contributed by atoms with Gasteiger partial charge in [0.2, 0.25) is 10.0 Å². The van der Waals surface area contributed by atoms with Crippen LogP contribution >= 0.6 is 0 Å². The normalized spacial score (nSPS) is 24.3. The van der Waals surface area contributed by atoms with Gasteiger partial charge in [0.05, 0.1) is 18.2 Å². The Kier molecular flexibility index (Phi) is 6.72. The SMILES string of the molecule is CS(=O)(=O)NC1CCCN(C(=O)OCC2CC2(F)F)C1Cc1cccc(-c2ccccc2)c1. The minimum absolute atomic E-state index is 0.270. The van der Waals surface area contributed by atoms with E-state index in [1.165, 1.54) is 4.90 Å². The molecule has 0 radical (unpaired) electrons. The van der Waals surface area contributed by atoms with Gasteiger partial charge in [-0.05, 0) is 36.0 Å². The summed E-state index contributed by atoms with van der Waals surface area (Å²) in [5, 5.41) is 0. The monoisotopic (exact) mass is 478 g/mol. The van der Waals surface area contributed by atoms with Crippen molar-refractivity contribution in [3.8, 4) is 11.1 Å². The van der Waals surface area contributed by atoms with E-state index in [0.29, 0.717) is 25.8 Å². The van der Waals surface area contributed by atoms with Gasteiger partial charge in [0.25, 0.3) is 5.92 Å². The zero-order chi connectivity index (χ0) is 23.6. The molecule has 0 spiro atoms. The molecule has 4 rings (SSSR count). The maximum absolute atomic E-state index is 13.2. The Morgan fingerprint density at radius 1 is 1.15 bits per heavy atom. The molecule has 1 aliphatic heterocycles. The number of amides is 1. The van der Waals surface area contributed by atoms with E-state index in [2.05, 4.69) is 4.72 Å². The Bertz CT molecular complexity index is 1090. The van der Waals surface area contributed by atoms with Crippen molar-refractivity contribution < 1.29 is 26.7 Å². The largest absolute Gasteiger partial charge is 0.449 e. The van der Waals surface area contributed by atoms with E-state index < -0.39 is 40.0 Å². The maximum Gasteiger partial charge on any atom is 0.410 e. The summed E-state index contributed by atoms with van der Waals surface area (Å²) in [5.41, 5.74) is 3.01. The van der Waals surface area contributed by atoms with Gasteiger partial charge >= 0.3 is 6.09 Å². The molecule has 2 aliphatic rings. The fourth-order valence-corrected chi connectivity index (χ4v) is 5.23. The van der Waals surface area contributed by atoms with Crippen molar-refractivity contribution in [1.29, 1.82) is 0 Å². The molecule has 1 heterocycles. The summed E-state index contributed by atoms with van der Waals surface area (Å²) in [6, 6.07) is 16.8. The van der Waals surface area contributed by atoms with Crippen molar-refractivity contribution in [2.24, 2.45) is 5.92 Å². The Hall–Kier alpha value is -2.52. The molecule has 2 aromatic carbocycles. The molecule has 2 aromatic rings. The summed E-state index contributed by atoms with van der Waals surface area (Å²) in [6.07, 6.45) is 1.70. The zero-order valence-electron chi connectivity index (χ0n) is 18.4. The van der Waals surface area contributed by atoms with Gasteiger partial charge in [-0.2, -0.15) is 0 Å². The fourth-order valence-electron chi connectivity index (χ4n) is 4.40. The van der Waals surface area contributed by atoms with Crippen molar-refractivity contribution in [3.63, 3.8) is 0 Å². The molecule has 178 valence electrons. The first kappa shape index (κ1) is 23.6. The highest BCUT2D eigenvalue weighted by Crippen LogP contribution is 2.48. The Morgan fingerprint density at radius 3 is 2.52 bits per heavy atom. The maximum atomic E-state index is 13.2. The van der Waals surface area contributed by atoms with Crippen molar-refractivity contribution >= 4 is 16.1 Å². The highest BCUT2D eigenvalue weighted by atomic mass is 32.2. The van der Waals surface area contributed by atoms with Crippen LogP contribution in [0.15, 0.2) is 54.6 Å². The molecular formula is C24H28F2N2O4S. The molecule has 3 atom stereocenters. The Labute approximate surface area is 193 Å². The molecule has 1 saturated heterocycles. The number of sulfonamides is 1. The number of hydrogen-bond acceptors (Lipinski definition) is 4. The lowest BCUT2D eigenvalue weighted by Gasteiger charge is -2.40. The van der Waals surface area contributed by atoms with Crippen LogP contribution in [0.4, 0.5) is 13.6 Å². The number of benzene rings is 2. The number of rotatable bonds is 7. The van der Waals surface area contributed by atoms with Gasteiger partial charge < -0.3 is 9.64 Å². The summed E-state index contributed by atoms with van der Waals surface area (Å²) < 4.78 is 58.2. The lowest BCUT2D eigenvalue weighted by Crippen LogP contribution is -2.57. The van der Waals surface area contributed by atoms with Gasteiger partial charge in [-0.3, -0.25) is 0 Å². The first-order chi connectivity index (χ1) is 15.6. The number of alkyl halides is 2. The van der Waals surface area contributed by atoms with Gasteiger partial charge in [-0.1, -0.05) is 54.6 Å². The van der Waals surface area contributed by atoms with E-state index in [1.54, 1.807) is 0 Å². The van der Waals surface area contributed by atoms with Crippen LogP contribution < -0.4 is 4.72 Å². The molecule has 0 bridgehead atoms. The van der Waals surface area contributed by atoms with E-state index in [0.717, 1.165) is 22.9 Å². The van der Waals surface area contributed by atoms with Crippen molar-refractivity contribution in [2.45, 2.75) is 43.7 Å². The van der Waals surface area contributed by atoms with Crippen molar-refractivity contribution in [3.05, 3.63) is 60.2 Å². The molecule has 1 saturated carbocycles. The molecular weight excluding hydrogens is 450 g/mol. The van der Waals surface area contributed by atoms with E-state index in [4.69, 9.17) is 4.74 Å². The molecule has 1 N–H and O–H groups in total. The smallest absolute Gasteiger partial charge is 0.410 e. The molecule has 0 aromatic heterocycles. The van der Waals surface area contributed by atoms with Crippen LogP contribution in [0.1, 0.15) is 24.8 Å². The number of hydrogen-bond donors (Lipinski definition) is 1. The van der Waals surface area contributed by atoms with Crippen LogP contribution in [0.5, 0.6) is 0 Å². The minimum Gasteiger partial charge on any atom is -0.449 e. The topological polar surface area (TPSA) is 75.7 Å². The van der Waals surface area contributed by atoms with Gasteiger partial charge in [-0.15, -0.1) is 0 Å². The van der Waals surface area contributed by atoms with E-state index in [-0.39, 0.29) is 13.0 Å². The first-order valence-corrected chi connectivity index (χ1v) is 12.9. The van der Waals surface area contributed by atoms with Crippen molar-refractivity contribution in [2.75, 3.05) is 19.4 Å². The van der Waals surface area contributed by atoms with E-state index in [1.807, 2.05) is 54.6 Å². The van der Waals surface area contributed by atoms with Crippen LogP contribution in [-0.2, 0) is 21.2 Å². The summed E-state index contributed by atoms with van der Waals surface area (Å²) in [5.74, 6) is -3.70. The van der Waals surface area contributed by atoms with Crippen molar-refractivity contribution in [1.82, 2.24) is 9.62 Å². The fraction of sp³-hybridized carbons (Fsp3) is 0.458. The van der Waals surface area contributed by atoms with Crippen LogP contribution in [0.3, 0.4) is 0 Å². The number of nitrogens with one attached hydrogen (secondary N) is 1. The lowest BCUT2D eigenvalue weighted by molar-refractivity contribution is 0.0425. The van der Waals surface area contributed by atoms with Gasteiger partial charge in [0.1, 0.15) is 6.61 Å². The zero-order valence-corrected chi connectivity index (χ0v) is 19.2. The van der Waals surface area contributed by atoms with E-state index >= 15 is 0 Å². The second-order valence-electron chi connectivity index (χ2n) is 8.91. The predicted octanol–water partition coefficient (Wildman–Crippen LogP) is 4.07. The van der Waals surface area contributed by atoms with Crippen LogP contribution in [0.25, 0.3) is 11.1 Å². The quantitative estimate of drug-likeness (QED) is 0.651. The Balaban J connectivity index is 1.54. The number of likely N-dealkylation sites (tertiary alicyclic amines) is 1. The lowest BCUT2D eigenvalue weighted by atomic mass is 9.90. The third kappa shape index (κ3) is 6.09. The molecule has 33 heavy (non-hydrogen) atoms. The minimum atomic E-state index is -3.51. The summed E-state index contributed by atoms with van der Waals surface area (Å²) in [7, 11) is -3.51. The molecule has 6 nitrogen and oxygen atoms in total. The third-order valence-electron chi connectivity index (χ3n) is 6.22. The summed E-state index contributed by atoms with van der Waals surface area (Å²) in [4.78, 5) is 14.3. The predicted molar refractivity (Wildman–Crippen MR) is 121 cm³/mol. The Morgan fingerprint density at radius 2 is 1.85 bits per heavy atom. The third-order valence-corrected chi connectivity index (χ3v) is 6.95. The average Bonchev–Trinajstić information content (AvgIpc) is 3.39. The molecule has 3 unspecified atom stereocenters. The second kappa shape index (κ2) is 9.38. The molecule has 1 amide bonds. The standard InChI is InChI=1S/C24H28F2N2O4S/c1-33(30,31)27-21-11-6-12-28(23(29)32-16-20-15-24(20,25)26)22(21)14-17-7-5-10-19(13-17)18-8-3-2-4-9-18/h2-5,7-10,13,20-22,27H,6,11-12,14-16H2,1H3. The average molecular weight is 479 g/mol. The number of carbonyl (C=O) groups is 1. The summed E-state index contributed by atoms with van der Waals surface area (Å²) in [6.45, 7) is 0.0492. The van der Waals surface area contributed by atoms with E-state index in [9.17, 15) is 22.0 Å². The number of piperidine rings is 1. The number of nitrogens with zero attached hydrogens (tertiary/aromatic N) is 1.